The van der Waals surface area contributed by atoms with Crippen LogP contribution in [-0.4, -0.2) is 38.6 Å². The lowest BCUT2D eigenvalue weighted by molar-refractivity contribution is -0.117. The molecule has 196 valence electrons. The molecule has 5 rings (SSSR count). The molecule has 0 unspecified atom stereocenters. The third kappa shape index (κ3) is 4.79. The highest BCUT2D eigenvalue weighted by atomic mass is 16.5. The molecule has 9 heteroatoms. The molecule has 3 N–H and O–H groups in total. The number of fused-ring (bicyclic) bond motifs is 1. The number of carbonyl (C=O) groups is 1. The van der Waals surface area contributed by atoms with Gasteiger partial charge in [-0.05, 0) is 62.4 Å². The van der Waals surface area contributed by atoms with Crippen LogP contribution < -0.4 is 20.5 Å². The van der Waals surface area contributed by atoms with Crippen molar-refractivity contribution in [2.75, 3.05) is 12.8 Å². The zero-order valence-electron chi connectivity index (χ0n) is 21.9. The molecule has 0 atom stereocenters. The lowest BCUT2D eigenvalue weighted by atomic mass is 9.81. The van der Waals surface area contributed by atoms with E-state index in [1.807, 2.05) is 50.4 Å². The van der Waals surface area contributed by atoms with Gasteiger partial charge in [-0.15, -0.1) is 0 Å². The van der Waals surface area contributed by atoms with Crippen LogP contribution >= 0.6 is 0 Å². The maximum atomic E-state index is 11.8. The third-order valence-electron chi connectivity index (χ3n) is 7.22. The van der Waals surface area contributed by atoms with Gasteiger partial charge in [-0.1, -0.05) is 18.7 Å². The Balaban J connectivity index is 1.55. The van der Waals surface area contributed by atoms with Crippen molar-refractivity contribution in [3.05, 3.63) is 66.8 Å². The standard InChI is InChI=1S/C29H32N6O3/c1-5-23(36)34-20-12-9-18(10-13-20)27-25(26-28(30)31-16-32-29(26)35(27)3)19-11-14-21(22(15-19)37-4)38-24-8-6-7-17(2)33-24/h5-8,11,14-16,18,20H,1,9-10,12-13H2,2-4H3,(H,34,36)(H2,30,31,32)/t18-,20+. The highest BCUT2D eigenvalue weighted by Gasteiger charge is 2.30. The number of aryl methyl sites for hydroxylation is 2. The zero-order valence-corrected chi connectivity index (χ0v) is 21.9. The maximum Gasteiger partial charge on any atom is 0.243 e. The van der Waals surface area contributed by atoms with Crippen molar-refractivity contribution in [3.63, 3.8) is 0 Å². The lowest BCUT2D eigenvalue weighted by Crippen LogP contribution is -2.36. The second-order valence-corrected chi connectivity index (χ2v) is 9.62. The Morgan fingerprint density at radius 1 is 1.16 bits per heavy atom. The predicted molar refractivity (Wildman–Crippen MR) is 147 cm³/mol. The molecule has 0 spiro atoms. The fraction of sp³-hybridized carbons (Fsp3) is 0.310. The topological polar surface area (TPSA) is 117 Å². The minimum atomic E-state index is -0.128. The van der Waals surface area contributed by atoms with Crippen LogP contribution in [0.4, 0.5) is 5.82 Å². The van der Waals surface area contributed by atoms with Gasteiger partial charge in [0.1, 0.15) is 17.8 Å². The van der Waals surface area contributed by atoms with Crippen molar-refractivity contribution in [2.45, 2.75) is 44.6 Å². The Bertz CT molecular complexity index is 1500. The molecule has 0 aliphatic heterocycles. The SMILES string of the molecule is C=CC(=O)N[C@H]1CC[C@@H](c2c(-c3ccc(Oc4cccc(C)n4)c(OC)c3)c3c(N)ncnc3n2C)CC1. The normalized spacial score (nSPS) is 17.2. The van der Waals surface area contributed by atoms with Gasteiger partial charge in [0, 0.05) is 42.0 Å². The smallest absolute Gasteiger partial charge is 0.243 e. The summed E-state index contributed by atoms with van der Waals surface area (Å²) in [5, 5.41) is 3.86. The first kappa shape index (κ1) is 25.3. The first-order chi connectivity index (χ1) is 18.4. The number of nitrogens with zero attached hydrogens (tertiary/aromatic N) is 4. The summed E-state index contributed by atoms with van der Waals surface area (Å²) in [6, 6.07) is 11.6. The van der Waals surface area contributed by atoms with E-state index in [4.69, 9.17) is 15.2 Å². The fourth-order valence-corrected chi connectivity index (χ4v) is 5.43. The summed E-state index contributed by atoms with van der Waals surface area (Å²) in [4.78, 5) is 25.1. The summed E-state index contributed by atoms with van der Waals surface area (Å²) in [5.41, 5.74) is 11.2. The Morgan fingerprint density at radius 2 is 1.95 bits per heavy atom. The molecule has 1 aromatic carbocycles. The molecular weight excluding hydrogens is 480 g/mol. The molecule has 3 heterocycles. The van der Waals surface area contributed by atoms with Gasteiger partial charge in [-0.25, -0.2) is 15.0 Å². The second-order valence-electron chi connectivity index (χ2n) is 9.62. The van der Waals surface area contributed by atoms with Gasteiger partial charge in [0.25, 0.3) is 0 Å². The molecule has 3 aromatic heterocycles. The molecule has 0 saturated heterocycles. The number of aromatic nitrogens is 4. The van der Waals surface area contributed by atoms with Crippen LogP contribution in [0.5, 0.6) is 17.4 Å². The summed E-state index contributed by atoms with van der Waals surface area (Å²) in [7, 11) is 3.65. The third-order valence-corrected chi connectivity index (χ3v) is 7.22. The zero-order chi connectivity index (χ0) is 26.8. The molecule has 0 radical (unpaired) electrons. The number of benzene rings is 1. The molecule has 1 aliphatic rings. The van der Waals surface area contributed by atoms with Crippen LogP contribution in [0.15, 0.2) is 55.4 Å². The Kier molecular flexibility index (Phi) is 7.00. The highest BCUT2D eigenvalue weighted by molar-refractivity contribution is 6.02. The van der Waals surface area contributed by atoms with E-state index in [9.17, 15) is 4.79 Å². The van der Waals surface area contributed by atoms with Gasteiger partial charge in [0.15, 0.2) is 11.5 Å². The van der Waals surface area contributed by atoms with Crippen LogP contribution in [0.1, 0.15) is 43.0 Å². The molecule has 4 aromatic rings. The fourth-order valence-electron chi connectivity index (χ4n) is 5.43. The van der Waals surface area contributed by atoms with E-state index in [-0.39, 0.29) is 17.9 Å². The number of hydrogen-bond donors (Lipinski definition) is 2. The van der Waals surface area contributed by atoms with Gasteiger partial charge in [-0.2, -0.15) is 0 Å². The number of anilines is 1. The van der Waals surface area contributed by atoms with Gasteiger partial charge >= 0.3 is 0 Å². The van der Waals surface area contributed by atoms with Gasteiger partial charge < -0.3 is 25.1 Å². The van der Waals surface area contributed by atoms with Crippen molar-refractivity contribution in [2.24, 2.45) is 7.05 Å². The van der Waals surface area contributed by atoms with Gasteiger partial charge in [-0.3, -0.25) is 4.79 Å². The second kappa shape index (κ2) is 10.5. The number of rotatable bonds is 7. The molecule has 1 aliphatic carbocycles. The molecule has 38 heavy (non-hydrogen) atoms. The van der Waals surface area contributed by atoms with Gasteiger partial charge in [0.2, 0.25) is 11.8 Å². The van der Waals surface area contributed by atoms with Crippen LogP contribution in [0, 0.1) is 6.92 Å². The van der Waals surface area contributed by atoms with Gasteiger partial charge in [0.05, 0.1) is 12.5 Å². The number of methoxy groups -OCH3 is 1. The summed E-state index contributed by atoms with van der Waals surface area (Å²) >= 11 is 0. The summed E-state index contributed by atoms with van der Waals surface area (Å²) < 4.78 is 13.9. The van der Waals surface area contributed by atoms with Crippen molar-refractivity contribution >= 4 is 22.8 Å². The monoisotopic (exact) mass is 512 g/mol. The average Bonchev–Trinajstić information content (AvgIpc) is 3.22. The molecule has 0 bridgehead atoms. The van der Waals surface area contributed by atoms with Crippen LogP contribution in [0.3, 0.4) is 0 Å². The van der Waals surface area contributed by atoms with Crippen molar-refractivity contribution in [3.8, 4) is 28.5 Å². The van der Waals surface area contributed by atoms with E-state index in [1.165, 1.54) is 12.4 Å². The number of hydrogen-bond acceptors (Lipinski definition) is 7. The number of pyridine rings is 1. The maximum absolute atomic E-state index is 11.8. The van der Waals surface area contributed by atoms with Crippen LogP contribution in [0.25, 0.3) is 22.2 Å². The van der Waals surface area contributed by atoms with E-state index in [2.05, 4.69) is 31.4 Å². The average molecular weight is 513 g/mol. The number of nitrogens with one attached hydrogen (secondary N) is 1. The minimum Gasteiger partial charge on any atom is -0.493 e. The molecule has 1 saturated carbocycles. The Labute approximate surface area is 221 Å². The molecular formula is C29H32N6O3. The van der Waals surface area contributed by atoms with E-state index in [0.29, 0.717) is 23.2 Å². The van der Waals surface area contributed by atoms with Crippen molar-refractivity contribution < 1.29 is 14.3 Å². The number of amides is 1. The van der Waals surface area contributed by atoms with E-state index < -0.39 is 0 Å². The van der Waals surface area contributed by atoms with Crippen molar-refractivity contribution in [1.82, 2.24) is 24.8 Å². The largest absolute Gasteiger partial charge is 0.493 e. The van der Waals surface area contributed by atoms with Crippen LogP contribution in [-0.2, 0) is 11.8 Å². The Morgan fingerprint density at radius 3 is 2.66 bits per heavy atom. The minimum absolute atomic E-state index is 0.128. The number of ether oxygens (including phenoxy) is 2. The number of carbonyl (C=O) groups excluding carboxylic acids is 1. The highest BCUT2D eigenvalue weighted by Crippen LogP contribution is 2.46. The molecule has 1 amide bonds. The summed E-state index contributed by atoms with van der Waals surface area (Å²) in [5.74, 6) is 2.22. The van der Waals surface area contributed by atoms with Crippen LogP contribution in [0.2, 0.25) is 0 Å². The van der Waals surface area contributed by atoms with Crippen molar-refractivity contribution in [1.29, 1.82) is 0 Å². The first-order valence-electron chi connectivity index (χ1n) is 12.7. The summed E-state index contributed by atoms with van der Waals surface area (Å²) in [6.07, 6.45) is 6.43. The predicted octanol–water partition coefficient (Wildman–Crippen LogP) is 5.05. The first-order valence-corrected chi connectivity index (χ1v) is 12.7. The lowest BCUT2D eigenvalue weighted by Gasteiger charge is -2.30. The Hall–Kier alpha value is -4.40. The van der Waals surface area contributed by atoms with E-state index in [0.717, 1.165) is 59.2 Å². The number of nitrogen functional groups attached to an aromatic ring is 1. The number of nitrogens with two attached hydrogens (primary N) is 1. The summed E-state index contributed by atoms with van der Waals surface area (Å²) in [6.45, 7) is 5.48. The molecule has 1 fully saturated rings. The quantitative estimate of drug-likeness (QED) is 0.333. The van der Waals surface area contributed by atoms with E-state index in [1.54, 1.807) is 7.11 Å². The van der Waals surface area contributed by atoms with E-state index >= 15 is 0 Å². The molecule has 9 nitrogen and oxygen atoms in total.